The molecule has 140 valence electrons. The first-order chi connectivity index (χ1) is 13.6. The molecule has 2 heterocycles. The summed E-state index contributed by atoms with van der Waals surface area (Å²) in [5, 5.41) is 14.5. The molecule has 0 unspecified atom stereocenters. The van der Waals surface area contributed by atoms with Crippen molar-refractivity contribution in [2.45, 2.75) is 20.4 Å². The SMILES string of the molecule is Cc1cnc(CNc2ccc(N=Cc3c(O)[nH]c4ccccc34)cc2C)cn1. The van der Waals surface area contributed by atoms with Gasteiger partial charge in [0.2, 0.25) is 0 Å². The average Bonchev–Trinajstić information content (AvgIpc) is 3.02. The molecule has 0 amide bonds. The molecule has 0 bridgehead atoms. The summed E-state index contributed by atoms with van der Waals surface area (Å²) < 4.78 is 0. The summed E-state index contributed by atoms with van der Waals surface area (Å²) in [6, 6.07) is 13.7. The summed E-state index contributed by atoms with van der Waals surface area (Å²) in [6.45, 7) is 4.56. The van der Waals surface area contributed by atoms with E-state index >= 15 is 0 Å². The van der Waals surface area contributed by atoms with Gasteiger partial charge >= 0.3 is 0 Å². The summed E-state index contributed by atoms with van der Waals surface area (Å²) in [5.74, 6) is 0.124. The van der Waals surface area contributed by atoms with E-state index in [0.717, 1.165) is 39.2 Å². The Labute approximate surface area is 163 Å². The molecule has 2 aromatic carbocycles. The number of anilines is 1. The van der Waals surface area contributed by atoms with E-state index in [-0.39, 0.29) is 5.88 Å². The molecule has 4 aromatic rings. The van der Waals surface area contributed by atoms with Gasteiger partial charge in [-0.15, -0.1) is 0 Å². The zero-order valence-electron chi connectivity index (χ0n) is 15.8. The highest BCUT2D eigenvalue weighted by Crippen LogP contribution is 2.27. The van der Waals surface area contributed by atoms with Crippen LogP contribution in [0.3, 0.4) is 0 Å². The molecule has 0 aliphatic heterocycles. The van der Waals surface area contributed by atoms with Crippen molar-refractivity contribution in [3.8, 4) is 5.88 Å². The van der Waals surface area contributed by atoms with Crippen LogP contribution in [0.15, 0.2) is 59.9 Å². The maximum absolute atomic E-state index is 10.1. The highest BCUT2D eigenvalue weighted by Gasteiger charge is 2.08. The van der Waals surface area contributed by atoms with Gasteiger partial charge in [0.05, 0.1) is 35.4 Å². The Morgan fingerprint density at radius 3 is 2.75 bits per heavy atom. The van der Waals surface area contributed by atoms with E-state index < -0.39 is 0 Å². The van der Waals surface area contributed by atoms with E-state index in [1.165, 1.54) is 0 Å². The van der Waals surface area contributed by atoms with Crippen molar-refractivity contribution < 1.29 is 5.11 Å². The minimum Gasteiger partial charge on any atom is -0.494 e. The molecular formula is C22H21N5O. The number of aromatic amines is 1. The van der Waals surface area contributed by atoms with Gasteiger partial charge in [-0.3, -0.25) is 15.0 Å². The molecule has 2 aromatic heterocycles. The molecule has 0 aliphatic carbocycles. The van der Waals surface area contributed by atoms with Crippen molar-refractivity contribution in [2.24, 2.45) is 4.99 Å². The summed E-state index contributed by atoms with van der Waals surface area (Å²) in [6.07, 6.45) is 5.24. The average molecular weight is 371 g/mol. The fraction of sp³-hybridized carbons (Fsp3) is 0.136. The van der Waals surface area contributed by atoms with Crippen LogP contribution >= 0.6 is 0 Å². The second-order valence-electron chi connectivity index (χ2n) is 6.69. The van der Waals surface area contributed by atoms with Crippen molar-refractivity contribution >= 4 is 28.5 Å². The number of nitrogens with one attached hydrogen (secondary N) is 2. The van der Waals surface area contributed by atoms with Crippen LogP contribution in [-0.2, 0) is 6.54 Å². The Morgan fingerprint density at radius 1 is 1.11 bits per heavy atom. The lowest BCUT2D eigenvalue weighted by Gasteiger charge is -2.09. The third-order valence-corrected chi connectivity index (χ3v) is 4.57. The van der Waals surface area contributed by atoms with Crippen molar-refractivity contribution in [3.63, 3.8) is 0 Å². The Morgan fingerprint density at radius 2 is 1.96 bits per heavy atom. The molecule has 6 nitrogen and oxygen atoms in total. The molecule has 0 aliphatic rings. The third kappa shape index (κ3) is 3.71. The Bertz CT molecular complexity index is 1150. The Hall–Kier alpha value is -3.67. The highest BCUT2D eigenvalue weighted by atomic mass is 16.3. The molecule has 3 N–H and O–H groups in total. The van der Waals surface area contributed by atoms with Crippen LogP contribution in [0.1, 0.15) is 22.5 Å². The highest BCUT2D eigenvalue weighted by molar-refractivity contribution is 6.02. The van der Waals surface area contributed by atoms with Gasteiger partial charge in [-0.1, -0.05) is 18.2 Å². The van der Waals surface area contributed by atoms with Crippen LogP contribution in [0.5, 0.6) is 5.88 Å². The van der Waals surface area contributed by atoms with Gasteiger partial charge in [-0.25, -0.2) is 0 Å². The van der Waals surface area contributed by atoms with E-state index in [9.17, 15) is 5.11 Å². The van der Waals surface area contributed by atoms with Gasteiger partial charge < -0.3 is 15.4 Å². The van der Waals surface area contributed by atoms with Gasteiger partial charge in [-0.2, -0.15) is 0 Å². The Kier molecular flexibility index (Phi) is 4.76. The molecule has 0 atom stereocenters. The number of hydrogen-bond acceptors (Lipinski definition) is 5. The molecule has 0 saturated heterocycles. The summed E-state index contributed by atoms with van der Waals surface area (Å²) in [4.78, 5) is 16.1. The largest absolute Gasteiger partial charge is 0.494 e. The lowest BCUT2D eigenvalue weighted by atomic mass is 10.1. The summed E-state index contributed by atoms with van der Waals surface area (Å²) >= 11 is 0. The first kappa shape index (κ1) is 17.7. The zero-order valence-corrected chi connectivity index (χ0v) is 15.8. The third-order valence-electron chi connectivity index (χ3n) is 4.57. The van der Waals surface area contributed by atoms with E-state index in [2.05, 4.69) is 25.3 Å². The van der Waals surface area contributed by atoms with Crippen LogP contribution in [0.4, 0.5) is 11.4 Å². The first-order valence-corrected chi connectivity index (χ1v) is 9.06. The quantitative estimate of drug-likeness (QED) is 0.446. The van der Waals surface area contributed by atoms with E-state index in [1.54, 1.807) is 18.6 Å². The van der Waals surface area contributed by atoms with E-state index in [1.807, 2.05) is 56.3 Å². The number of nitrogens with zero attached hydrogens (tertiary/aromatic N) is 3. The standard InChI is InChI=1S/C22H21N5O/c1-14-9-16(7-8-20(14)26-12-17-11-23-15(2)10-24-17)25-13-19-18-5-3-4-6-21(18)27-22(19)28/h3-11,13,26-28H,12H2,1-2H3. The second-order valence-corrected chi connectivity index (χ2v) is 6.69. The van der Waals surface area contributed by atoms with Gasteiger partial charge in [0, 0.05) is 29.0 Å². The number of para-hydroxylation sites is 1. The van der Waals surface area contributed by atoms with Gasteiger partial charge in [0.1, 0.15) is 0 Å². The Balaban J connectivity index is 1.50. The number of aliphatic imine (C=N–C) groups is 1. The van der Waals surface area contributed by atoms with Crippen LogP contribution in [0, 0.1) is 13.8 Å². The number of aryl methyl sites for hydroxylation is 2. The van der Waals surface area contributed by atoms with Crippen LogP contribution in [0.2, 0.25) is 0 Å². The molecule has 0 fully saturated rings. The number of fused-ring (bicyclic) bond motifs is 1. The predicted octanol–water partition coefficient (Wildman–Crippen LogP) is 4.64. The molecule has 0 saturated carbocycles. The number of aromatic nitrogens is 3. The molecule has 6 heteroatoms. The minimum absolute atomic E-state index is 0.124. The smallest absolute Gasteiger partial charge is 0.198 e. The van der Waals surface area contributed by atoms with Crippen LogP contribution in [0.25, 0.3) is 10.9 Å². The van der Waals surface area contributed by atoms with Crippen molar-refractivity contribution in [1.29, 1.82) is 0 Å². The normalized spacial score (nSPS) is 11.4. The molecule has 0 spiro atoms. The number of H-pyrrole nitrogens is 1. The number of rotatable bonds is 5. The lowest BCUT2D eigenvalue weighted by molar-refractivity contribution is 0.457. The topological polar surface area (TPSA) is 86.2 Å². The fourth-order valence-corrected chi connectivity index (χ4v) is 3.04. The van der Waals surface area contributed by atoms with E-state index in [0.29, 0.717) is 12.1 Å². The van der Waals surface area contributed by atoms with Gasteiger partial charge in [-0.05, 0) is 43.7 Å². The van der Waals surface area contributed by atoms with Gasteiger partial charge in [0.25, 0.3) is 0 Å². The summed E-state index contributed by atoms with van der Waals surface area (Å²) in [7, 11) is 0. The van der Waals surface area contributed by atoms with Crippen LogP contribution < -0.4 is 5.32 Å². The maximum atomic E-state index is 10.1. The second kappa shape index (κ2) is 7.52. The molecule has 0 radical (unpaired) electrons. The van der Waals surface area contributed by atoms with Gasteiger partial charge in [0.15, 0.2) is 5.88 Å². The monoisotopic (exact) mass is 371 g/mol. The number of benzene rings is 2. The minimum atomic E-state index is 0.124. The van der Waals surface area contributed by atoms with Crippen LogP contribution in [-0.4, -0.2) is 26.3 Å². The summed E-state index contributed by atoms with van der Waals surface area (Å²) in [5.41, 5.74) is 6.30. The maximum Gasteiger partial charge on any atom is 0.198 e. The lowest BCUT2D eigenvalue weighted by Crippen LogP contribution is -2.03. The molecular weight excluding hydrogens is 350 g/mol. The fourth-order valence-electron chi connectivity index (χ4n) is 3.04. The molecule has 28 heavy (non-hydrogen) atoms. The van der Waals surface area contributed by atoms with Crippen molar-refractivity contribution in [1.82, 2.24) is 15.0 Å². The number of aromatic hydroxyl groups is 1. The number of hydrogen-bond donors (Lipinski definition) is 3. The van der Waals surface area contributed by atoms with Crippen molar-refractivity contribution in [2.75, 3.05) is 5.32 Å². The van der Waals surface area contributed by atoms with E-state index in [4.69, 9.17) is 0 Å². The van der Waals surface area contributed by atoms with Crippen molar-refractivity contribution in [3.05, 3.63) is 77.4 Å². The predicted molar refractivity (Wildman–Crippen MR) is 112 cm³/mol. The molecule has 4 rings (SSSR count). The zero-order chi connectivity index (χ0) is 19.5. The first-order valence-electron chi connectivity index (χ1n) is 9.06.